The number of aryl methyl sites for hydroxylation is 1. The number of hydrogen-bond donors (Lipinski definition) is 2. The van der Waals surface area contributed by atoms with Gasteiger partial charge in [0, 0.05) is 22.4 Å². The van der Waals surface area contributed by atoms with Gasteiger partial charge < -0.3 is 10.6 Å². The monoisotopic (exact) mass is 491 g/mol. The Kier molecular flexibility index (Phi) is 7.21. The summed E-state index contributed by atoms with van der Waals surface area (Å²) < 4.78 is 92.3. The fourth-order valence-electron chi connectivity index (χ4n) is 3.18. The molecule has 0 fully saturated rings. The smallest absolute Gasteiger partial charge is 0.334 e. The third kappa shape index (κ3) is 5.24. The third-order valence-corrected chi connectivity index (χ3v) is 5.00. The zero-order valence-electron chi connectivity index (χ0n) is 18.2. The second-order valence-corrected chi connectivity index (χ2v) is 8.14. The molecule has 0 aliphatic heterocycles. The van der Waals surface area contributed by atoms with Crippen molar-refractivity contribution in [1.29, 1.82) is 5.26 Å². The molecule has 12 heteroatoms. The lowest BCUT2D eigenvalue weighted by molar-refractivity contribution is -0.348. The first kappa shape index (κ1) is 26.9. The quantitative estimate of drug-likeness (QED) is 0.550. The zero-order valence-corrected chi connectivity index (χ0v) is 18.2. The van der Waals surface area contributed by atoms with E-state index in [9.17, 15) is 40.3 Å². The van der Waals surface area contributed by atoms with Crippen LogP contribution in [-0.4, -0.2) is 29.7 Å². The van der Waals surface area contributed by atoms with Crippen LogP contribution in [-0.2, 0) is 15.3 Å². The number of hydrogen-bond acceptors (Lipinski definition) is 3. The molecule has 0 saturated carbocycles. The number of rotatable bonds is 5. The minimum Gasteiger partial charge on any atom is -0.334 e. The van der Waals surface area contributed by atoms with Gasteiger partial charge >= 0.3 is 18.0 Å². The van der Waals surface area contributed by atoms with Gasteiger partial charge in [-0.3, -0.25) is 9.59 Å². The number of nitrogens with one attached hydrogen (secondary N) is 2. The first-order valence-electron chi connectivity index (χ1n) is 9.84. The summed E-state index contributed by atoms with van der Waals surface area (Å²) in [5.74, 6) is -1.57. The fraction of sp³-hybridized carbons (Fsp3) is 0.409. The summed E-state index contributed by atoms with van der Waals surface area (Å²) in [5.41, 5.74) is -9.09. The summed E-state index contributed by atoms with van der Waals surface area (Å²) in [6.45, 7) is 3.98. The van der Waals surface area contributed by atoms with Crippen LogP contribution in [0.5, 0.6) is 0 Å². The Bertz CT molecular complexity index is 1080. The van der Waals surface area contributed by atoms with Gasteiger partial charge in [0.2, 0.25) is 0 Å². The van der Waals surface area contributed by atoms with Crippen molar-refractivity contribution in [1.82, 2.24) is 5.32 Å². The molecule has 1 aromatic carbocycles. The molecule has 1 aromatic rings. The number of carbonyl (C=O) groups excluding carboxylic acids is 2. The van der Waals surface area contributed by atoms with Crippen LogP contribution in [0.25, 0.3) is 0 Å². The van der Waals surface area contributed by atoms with Crippen molar-refractivity contribution in [2.45, 2.75) is 57.2 Å². The van der Waals surface area contributed by atoms with Crippen molar-refractivity contribution in [3.05, 3.63) is 52.6 Å². The first-order chi connectivity index (χ1) is 15.4. The Morgan fingerprint density at radius 3 is 1.85 bits per heavy atom. The highest BCUT2D eigenvalue weighted by Crippen LogP contribution is 2.53. The van der Waals surface area contributed by atoms with Crippen molar-refractivity contribution in [3.63, 3.8) is 0 Å². The van der Waals surface area contributed by atoms with Crippen LogP contribution in [0, 0.1) is 18.3 Å². The average molecular weight is 491 g/mol. The van der Waals surface area contributed by atoms with Crippen LogP contribution >= 0.6 is 0 Å². The molecule has 0 bridgehead atoms. The van der Waals surface area contributed by atoms with Crippen LogP contribution in [0.15, 0.2) is 41.5 Å². The lowest BCUT2D eigenvalue weighted by Gasteiger charge is -2.30. The SMILES string of the molecule is Cc1cc(C(F)(C(F)(F)F)C(F)(F)F)ccc1NC(=O)C1=CCCC=C1C(=O)NC(C)(C)C#N. The highest BCUT2D eigenvalue weighted by molar-refractivity contribution is 6.15. The summed E-state index contributed by atoms with van der Waals surface area (Å²) in [4.78, 5) is 25.3. The van der Waals surface area contributed by atoms with Gasteiger partial charge in [-0.25, -0.2) is 4.39 Å². The second kappa shape index (κ2) is 9.12. The van der Waals surface area contributed by atoms with Crippen molar-refractivity contribution in [2.75, 3.05) is 5.32 Å². The van der Waals surface area contributed by atoms with Crippen LogP contribution in [0.1, 0.15) is 37.8 Å². The van der Waals surface area contributed by atoms with Crippen molar-refractivity contribution in [3.8, 4) is 6.07 Å². The van der Waals surface area contributed by atoms with Gasteiger partial charge in [-0.1, -0.05) is 24.3 Å². The van der Waals surface area contributed by atoms with E-state index in [0.29, 0.717) is 18.9 Å². The molecule has 1 aliphatic carbocycles. The fourth-order valence-corrected chi connectivity index (χ4v) is 3.18. The van der Waals surface area contributed by atoms with E-state index in [4.69, 9.17) is 5.26 Å². The maximum Gasteiger partial charge on any atom is 0.435 e. The van der Waals surface area contributed by atoms with Crippen molar-refractivity contribution >= 4 is 17.5 Å². The molecule has 2 amide bonds. The number of carbonyl (C=O) groups is 2. The molecular weight excluding hydrogens is 471 g/mol. The van der Waals surface area contributed by atoms with Crippen LogP contribution in [0.3, 0.4) is 0 Å². The number of alkyl halides is 7. The number of nitrogens with zero attached hydrogens (tertiary/aromatic N) is 1. The normalized spacial score (nSPS) is 15.1. The first-order valence-corrected chi connectivity index (χ1v) is 9.84. The van der Waals surface area contributed by atoms with Crippen LogP contribution in [0.4, 0.5) is 36.4 Å². The predicted octanol–water partition coefficient (Wildman–Crippen LogP) is 5.29. The Hall–Kier alpha value is -3.36. The molecule has 0 heterocycles. The Labute approximate surface area is 190 Å². The van der Waals surface area contributed by atoms with Gasteiger partial charge in [-0.2, -0.15) is 31.6 Å². The second-order valence-electron chi connectivity index (χ2n) is 8.14. The van der Waals surface area contributed by atoms with E-state index < -0.39 is 40.9 Å². The van der Waals surface area contributed by atoms with Crippen molar-refractivity contribution in [2.24, 2.45) is 0 Å². The molecule has 0 radical (unpaired) electrons. The van der Waals surface area contributed by atoms with Crippen molar-refractivity contribution < 1.29 is 40.3 Å². The number of halogens is 7. The molecule has 2 N–H and O–H groups in total. The van der Waals surface area contributed by atoms with Gasteiger partial charge in [-0.05, 0) is 45.2 Å². The van der Waals surface area contributed by atoms with E-state index in [-0.39, 0.29) is 28.5 Å². The van der Waals surface area contributed by atoms with E-state index in [1.54, 1.807) is 0 Å². The van der Waals surface area contributed by atoms with E-state index in [0.717, 1.165) is 13.0 Å². The molecule has 0 spiro atoms. The van der Waals surface area contributed by atoms with Gasteiger partial charge in [-0.15, -0.1) is 0 Å². The predicted molar refractivity (Wildman–Crippen MR) is 108 cm³/mol. The summed E-state index contributed by atoms with van der Waals surface area (Å²) >= 11 is 0. The molecule has 0 saturated heterocycles. The maximum absolute atomic E-state index is 14.3. The highest BCUT2D eigenvalue weighted by atomic mass is 19.4. The molecule has 34 heavy (non-hydrogen) atoms. The zero-order chi connectivity index (χ0) is 26.1. The molecule has 0 aromatic heterocycles. The molecule has 2 rings (SSSR count). The largest absolute Gasteiger partial charge is 0.435 e. The number of benzene rings is 1. The number of nitriles is 1. The lowest BCUT2D eigenvalue weighted by atomic mass is 9.92. The summed E-state index contributed by atoms with van der Waals surface area (Å²) in [7, 11) is 0. The van der Waals surface area contributed by atoms with E-state index in [2.05, 4.69) is 10.6 Å². The van der Waals surface area contributed by atoms with E-state index >= 15 is 0 Å². The highest BCUT2D eigenvalue weighted by Gasteiger charge is 2.73. The van der Waals surface area contributed by atoms with Crippen LogP contribution in [0.2, 0.25) is 0 Å². The van der Waals surface area contributed by atoms with Gasteiger partial charge in [0.1, 0.15) is 5.54 Å². The van der Waals surface area contributed by atoms with E-state index in [1.807, 2.05) is 6.07 Å². The molecule has 1 aliphatic rings. The van der Waals surface area contributed by atoms with Gasteiger partial charge in [0.15, 0.2) is 0 Å². The topological polar surface area (TPSA) is 82.0 Å². The molecule has 0 atom stereocenters. The number of allylic oxidation sites excluding steroid dienone is 2. The van der Waals surface area contributed by atoms with E-state index in [1.165, 1.54) is 26.0 Å². The number of amides is 2. The Morgan fingerprint density at radius 2 is 1.41 bits per heavy atom. The maximum atomic E-state index is 14.3. The Balaban J connectivity index is 2.33. The van der Waals surface area contributed by atoms with Gasteiger partial charge in [0.05, 0.1) is 6.07 Å². The minimum atomic E-state index is -6.26. The van der Waals surface area contributed by atoms with Gasteiger partial charge in [0.25, 0.3) is 11.8 Å². The molecular formula is C22H20F7N3O2. The Morgan fingerprint density at radius 1 is 0.912 bits per heavy atom. The third-order valence-electron chi connectivity index (χ3n) is 5.00. The van der Waals surface area contributed by atoms with Crippen LogP contribution < -0.4 is 10.6 Å². The average Bonchev–Trinajstić information content (AvgIpc) is 2.72. The summed E-state index contributed by atoms with van der Waals surface area (Å²) in [6.07, 6.45) is -8.81. The summed E-state index contributed by atoms with van der Waals surface area (Å²) in [5, 5.41) is 13.8. The minimum absolute atomic E-state index is 0.0433. The summed E-state index contributed by atoms with van der Waals surface area (Å²) in [6, 6.07) is 3.23. The molecule has 0 unspecified atom stereocenters. The lowest BCUT2D eigenvalue weighted by Crippen LogP contribution is -2.50. The number of anilines is 1. The molecule has 5 nitrogen and oxygen atoms in total. The standard InChI is InChI=1S/C22H20F7N3O2/c1-12-10-13(20(23,21(24,25)26)22(27,28)29)8-9-16(12)31-17(33)14-6-4-5-7-15(14)18(34)32-19(2,3)11-30/h6-10H,4-5H2,1-3H3,(H,31,33)(H,32,34). The molecule has 184 valence electrons.